The number of hydrogen-bond acceptors (Lipinski definition) is 3. The highest BCUT2D eigenvalue weighted by molar-refractivity contribution is 8.00. The maximum absolute atomic E-state index is 12.9. The van der Waals surface area contributed by atoms with E-state index in [0.717, 1.165) is 16.9 Å². The van der Waals surface area contributed by atoms with E-state index in [1.807, 2.05) is 68.4 Å². The molecule has 1 N–H and O–H groups in total. The topological polar surface area (TPSA) is 49.4 Å². The van der Waals surface area contributed by atoms with E-state index < -0.39 is 6.04 Å². The van der Waals surface area contributed by atoms with E-state index in [0.29, 0.717) is 18.8 Å². The summed E-state index contributed by atoms with van der Waals surface area (Å²) in [4.78, 5) is 28.1. The van der Waals surface area contributed by atoms with Crippen molar-refractivity contribution >= 4 is 23.6 Å². The van der Waals surface area contributed by atoms with Crippen LogP contribution in [0.2, 0.25) is 0 Å². The minimum Gasteiger partial charge on any atom is -0.354 e. The Morgan fingerprint density at radius 1 is 1.07 bits per heavy atom. The molecule has 0 saturated heterocycles. The van der Waals surface area contributed by atoms with Crippen LogP contribution in [0.15, 0.2) is 59.5 Å². The Morgan fingerprint density at radius 2 is 1.74 bits per heavy atom. The predicted molar refractivity (Wildman–Crippen MR) is 112 cm³/mol. The zero-order valence-electron chi connectivity index (χ0n) is 16.3. The van der Waals surface area contributed by atoms with Gasteiger partial charge in [0.25, 0.3) is 0 Å². The summed E-state index contributed by atoms with van der Waals surface area (Å²) in [6.45, 7) is 6.88. The number of rotatable bonds is 9. The monoisotopic (exact) mass is 384 g/mol. The van der Waals surface area contributed by atoms with E-state index in [-0.39, 0.29) is 11.8 Å². The lowest BCUT2D eigenvalue weighted by Crippen LogP contribution is -2.48. The molecule has 0 fully saturated rings. The number of amides is 2. The number of aryl methyl sites for hydroxylation is 1. The first-order valence-corrected chi connectivity index (χ1v) is 10.3. The van der Waals surface area contributed by atoms with Crippen LogP contribution in [0.5, 0.6) is 0 Å². The zero-order chi connectivity index (χ0) is 19.6. The first kappa shape index (κ1) is 21.0. The van der Waals surface area contributed by atoms with Crippen molar-refractivity contribution in [1.82, 2.24) is 10.2 Å². The molecular weight excluding hydrogens is 356 g/mol. The smallest absolute Gasteiger partial charge is 0.242 e. The Balaban J connectivity index is 2.10. The quantitative estimate of drug-likeness (QED) is 0.664. The molecule has 0 aliphatic rings. The molecule has 2 rings (SSSR count). The van der Waals surface area contributed by atoms with Gasteiger partial charge in [0, 0.05) is 18.0 Å². The number of hydrogen-bond donors (Lipinski definition) is 1. The second-order valence-electron chi connectivity index (χ2n) is 6.58. The number of nitrogens with one attached hydrogen (secondary N) is 1. The third-order valence-electron chi connectivity index (χ3n) is 4.30. The van der Waals surface area contributed by atoms with E-state index in [4.69, 9.17) is 0 Å². The van der Waals surface area contributed by atoms with Gasteiger partial charge in [0.15, 0.2) is 0 Å². The number of carbonyl (C=O) groups is 2. The van der Waals surface area contributed by atoms with Crippen molar-refractivity contribution in [3.63, 3.8) is 0 Å². The highest BCUT2D eigenvalue weighted by Gasteiger charge is 2.25. The first-order valence-electron chi connectivity index (χ1n) is 9.31. The lowest BCUT2D eigenvalue weighted by molar-refractivity contribution is -0.138. The Hall–Kier alpha value is -2.27. The van der Waals surface area contributed by atoms with Gasteiger partial charge < -0.3 is 10.2 Å². The highest BCUT2D eigenvalue weighted by atomic mass is 32.2. The van der Waals surface area contributed by atoms with Crippen molar-refractivity contribution in [3.8, 4) is 0 Å². The lowest BCUT2D eigenvalue weighted by Gasteiger charge is -2.28. The minimum atomic E-state index is -0.512. The highest BCUT2D eigenvalue weighted by Crippen LogP contribution is 2.19. The van der Waals surface area contributed by atoms with Gasteiger partial charge in [-0.2, -0.15) is 0 Å². The lowest BCUT2D eigenvalue weighted by atomic mass is 10.1. The molecule has 144 valence electrons. The maximum atomic E-state index is 12.9. The molecular formula is C22H28N2O2S. The van der Waals surface area contributed by atoms with Gasteiger partial charge in [-0.05, 0) is 38.0 Å². The van der Waals surface area contributed by atoms with Crippen molar-refractivity contribution < 1.29 is 9.59 Å². The van der Waals surface area contributed by atoms with E-state index in [9.17, 15) is 9.59 Å². The van der Waals surface area contributed by atoms with Crippen molar-refractivity contribution in [2.24, 2.45) is 0 Å². The van der Waals surface area contributed by atoms with Crippen LogP contribution in [0.25, 0.3) is 0 Å². The molecule has 0 saturated carbocycles. The van der Waals surface area contributed by atoms with E-state index in [1.54, 1.807) is 11.8 Å². The van der Waals surface area contributed by atoms with Gasteiger partial charge in [0.05, 0.1) is 5.75 Å². The molecule has 1 atom stereocenters. The Labute approximate surface area is 166 Å². The summed E-state index contributed by atoms with van der Waals surface area (Å²) in [6.07, 6.45) is 0.869. The van der Waals surface area contributed by atoms with Crippen molar-refractivity contribution in [3.05, 3.63) is 65.7 Å². The van der Waals surface area contributed by atoms with Crippen LogP contribution in [0.1, 0.15) is 31.4 Å². The average molecular weight is 385 g/mol. The summed E-state index contributed by atoms with van der Waals surface area (Å²) in [5.41, 5.74) is 2.19. The summed E-state index contributed by atoms with van der Waals surface area (Å²) in [5, 5.41) is 2.90. The van der Waals surface area contributed by atoms with Gasteiger partial charge in [0.2, 0.25) is 11.8 Å². The maximum Gasteiger partial charge on any atom is 0.242 e. The van der Waals surface area contributed by atoms with Gasteiger partial charge in [-0.15, -0.1) is 11.8 Å². The number of nitrogens with zero attached hydrogens (tertiary/aromatic N) is 1. The van der Waals surface area contributed by atoms with Crippen molar-refractivity contribution in [1.29, 1.82) is 0 Å². The van der Waals surface area contributed by atoms with E-state index >= 15 is 0 Å². The summed E-state index contributed by atoms with van der Waals surface area (Å²) < 4.78 is 0. The molecule has 2 aromatic rings. The molecule has 2 amide bonds. The molecule has 0 radical (unpaired) electrons. The van der Waals surface area contributed by atoms with E-state index in [2.05, 4.69) is 5.32 Å². The number of thioether (sulfide) groups is 1. The van der Waals surface area contributed by atoms with Gasteiger partial charge >= 0.3 is 0 Å². The van der Waals surface area contributed by atoms with Crippen LogP contribution in [0.3, 0.4) is 0 Å². The standard InChI is InChI=1S/C22H28N2O2S/c1-4-14-23-22(26)18(3)24(15-19-12-10-17(2)11-13-19)21(25)16-27-20-8-6-5-7-9-20/h5-13,18H,4,14-16H2,1-3H3,(H,23,26)/t18-/m0/s1. The molecule has 2 aromatic carbocycles. The summed E-state index contributed by atoms with van der Waals surface area (Å²) >= 11 is 1.49. The molecule has 0 aliphatic heterocycles. The molecule has 0 spiro atoms. The van der Waals surface area contributed by atoms with Crippen LogP contribution < -0.4 is 5.32 Å². The SMILES string of the molecule is CCCNC(=O)[C@H](C)N(Cc1ccc(C)cc1)C(=O)CSc1ccccc1. The Bertz CT molecular complexity index is 732. The fourth-order valence-corrected chi connectivity index (χ4v) is 3.42. The predicted octanol–water partition coefficient (Wildman–Crippen LogP) is 4.03. The molecule has 0 aromatic heterocycles. The summed E-state index contributed by atoms with van der Waals surface area (Å²) in [5.74, 6) is 0.159. The Morgan fingerprint density at radius 3 is 2.37 bits per heavy atom. The number of benzene rings is 2. The van der Waals surface area contributed by atoms with Crippen LogP contribution in [0, 0.1) is 6.92 Å². The normalized spacial score (nSPS) is 11.7. The van der Waals surface area contributed by atoms with Gasteiger partial charge in [-0.1, -0.05) is 55.0 Å². The third-order valence-corrected chi connectivity index (χ3v) is 5.29. The van der Waals surface area contributed by atoms with Crippen LogP contribution >= 0.6 is 11.8 Å². The fraction of sp³-hybridized carbons (Fsp3) is 0.364. The molecule has 0 unspecified atom stereocenters. The summed E-state index contributed by atoms with van der Waals surface area (Å²) in [7, 11) is 0. The average Bonchev–Trinajstić information content (AvgIpc) is 2.70. The molecule has 0 bridgehead atoms. The minimum absolute atomic E-state index is 0.0384. The molecule has 0 aliphatic carbocycles. The fourth-order valence-electron chi connectivity index (χ4n) is 2.61. The largest absolute Gasteiger partial charge is 0.354 e. The Kier molecular flexibility index (Phi) is 8.40. The molecule has 5 heteroatoms. The third kappa shape index (κ3) is 6.75. The van der Waals surface area contributed by atoms with Gasteiger partial charge in [0.1, 0.15) is 6.04 Å². The van der Waals surface area contributed by atoms with Gasteiger partial charge in [-0.3, -0.25) is 9.59 Å². The van der Waals surface area contributed by atoms with Crippen molar-refractivity contribution in [2.75, 3.05) is 12.3 Å². The summed E-state index contributed by atoms with van der Waals surface area (Å²) in [6, 6.07) is 17.4. The second-order valence-corrected chi connectivity index (χ2v) is 7.62. The van der Waals surface area contributed by atoms with Crippen molar-refractivity contribution in [2.45, 2.75) is 44.7 Å². The second kappa shape index (κ2) is 10.8. The van der Waals surface area contributed by atoms with Gasteiger partial charge in [-0.25, -0.2) is 0 Å². The number of carbonyl (C=O) groups excluding carboxylic acids is 2. The molecule has 4 nitrogen and oxygen atoms in total. The van der Waals surface area contributed by atoms with Crippen LogP contribution in [0.4, 0.5) is 0 Å². The van der Waals surface area contributed by atoms with E-state index in [1.165, 1.54) is 17.3 Å². The zero-order valence-corrected chi connectivity index (χ0v) is 17.1. The van der Waals surface area contributed by atoms with Crippen LogP contribution in [-0.2, 0) is 16.1 Å². The molecule has 0 heterocycles. The molecule has 27 heavy (non-hydrogen) atoms. The van der Waals surface area contributed by atoms with Crippen LogP contribution in [-0.4, -0.2) is 35.1 Å². The first-order chi connectivity index (χ1) is 13.0.